The molecule has 1 fully saturated rings. The lowest BCUT2D eigenvalue weighted by molar-refractivity contribution is -0.142. The number of furan rings is 1. The minimum atomic E-state index is -3.72. The van der Waals surface area contributed by atoms with Crippen molar-refractivity contribution in [2.45, 2.75) is 50.8 Å². The standard InChI is InChI=1S/C27H33FN4O6S/c1-3-17-15-20-23(25(33)29-2)24(18-8-10-19(28)11-9-18)38-26(20)31-21(17)16-39(36,37)30-12-4-5-13-32-14-6-7-22(32)27(34)35/h8-11,15,22,30H,3-7,12-14,16H2,1-2H3,(H,29,33)(H,34,35)/t22-/m0/s1. The molecule has 1 aromatic carbocycles. The summed E-state index contributed by atoms with van der Waals surface area (Å²) >= 11 is 0. The maximum Gasteiger partial charge on any atom is 0.320 e. The third-order valence-electron chi connectivity index (χ3n) is 6.96. The van der Waals surface area contributed by atoms with Gasteiger partial charge in [-0.3, -0.25) is 14.5 Å². The van der Waals surface area contributed by atoms with Crippen LogP contribution in [-0.4, -0.2) is 68.0 Å². The molecule has 1 aliphatic heterocycles. The highest BCUT2D eigenvalue weighted by Crippen LogP contribution is 2.34. The number of pyridine rings is 1. The number of hydrogen-bond donors (Lipinski definition) is 3. The Balaban J connectivity index is 1.49. The summed E-state index contributed by atoms with van der Waals surface area (Å²) in [6.45, 7) is 3.46. The van der Waals surface area contributed by atoms with Crippen molar-refractivity contribution in [3.8, 4) is 11.3 Å². The first kappa shape index (κ1) is 28.7. The third kappa shape index (κ3) is 6.63. The average molecular weight is 561 g/mol. The molecular formula is C27H33FN4O6S. The largest absolute Gasteiger partial charge is 0.480 e. The van der Waals surface area contributed by atoms with Gasteiger partial charge in [0.2, 0.25) is 15.7 Å². The van der Waals surface area contributed by atoms with Crippen molar-refractivity contribution in [3.63, 3.8) is 0 Å². The zero-order valence-corrected chi connectivity index (χ0v) is 22.8. The lowest BCUT2D eigenvalue weighted by Crippen LogP contribution is -2.36. The molecule has 2 aromatic heterocycles. The Morgan fingerprint density at radius 1 is 1.23 bits per heavy atom. The highest BCUT2D eigenvalue weighted by molar-refractivity contribution is 7.88. The van der Waals surface area contributed by atoms with Crippen molar-refractivity contribution in [3.05, 3.63) is 53.0 Å². The number of hydrogen-bond acceptors (Lipinski definition) is 7. The van der Waals surface area contributed by atoms with Crippen LogP contribution < -0.4 is 10.0 Å². The first-order valence-corrected chi connectivity index (χ1v) is 14.7. The highest BCUT2D eigenvalue weighted by Gasteiger charge is 2.30. The van der Waals surface area contributed by atoms with Crippen LogP contribution in [0.15, 0.2) is 34.7 Å². The number of carbonyl (C=O) groups is 2. The molecule has 1 aliphatic rings. The Kier molecular flexibility index (Phi) is 8.98. The summed E-state index contributed by atoms with van der Waals surface area (Å²) in [5.74, 6) is -1.78. The molecule has 3 aromatic rings. The van der Waals surface area contributed by atoms with Crippen LogP contribution in [0.25, 0.3) is 22.4 Å². The second-order valence-corrected chi connectivity index (χ2v) is 11.4. The van der Waals surface area contributed by atoms with Crippen LogP contribution in [0, 0.1) is 5.82 Å². The van der Waals surface area contributed by atoms with Crippen molar-refractivity contribution >= 4 is 33.0 Å². The van der Waals surface area contributed by atoms with Crippen LogP contribution in [-0.2, 0) is 27.0 Å². The Morgan fingerprint density at radius 2 is 1.97 bits per heavy atom. The van der Waals surface area contributed by atoms with Gasteiger partial charge < -0.3 is 14.8 Å². The van der Waals surface area contributed by atoms with E-state index in [9.17, 15) is 27.5 Å². The third-order valence-corrected chi connectivity index (χ3v) is 8.26. The monoisotopic (exact) mass is 560 g/mol. The summed E-state index contributed by atoms with van der Waals surface area (Å²) in [6.07, 6.45) is 3.23. The molecule has 4 rings (SSSR count). The van der Waals surface area contributed by atoms with E-state index in [1.54, 1.807) is 6.07 Å². The van der Waals surface area contributed by atoms with Crippen LogP contribution in [0.3, 0.4) is 0 Å². The molecule has 12 heteroatoms. The van der Waals surface area contributed by atoms with Crippen molar-refractivity contribution in [1.82, 2.24) is 19.9 Å². The molecule has 0 spiro atoms. The topological polar surface area (TPSA) is 142 Å². The number of halogens is 1. The van der Waals surface area contributed by atoms with Gasteiger partial charge in [0.1, 0.15) is 23.4 Å². The number of unbranched alkanes of at least 4 members (excludes halogenated alkanes) is 1. The van der Waals surface area contributed by atoms with E-state index < -0.39 is 33.8 Å². The van der Waals surface area contributed by atoms with Gasteiger partial charge in [0, 0.05) is 19.2 Å². The molecule has 0 bridgehead atoms. The molecule has 0 radical (unpaired) electrons. The number of aromatic nitrogens is 1. The predicted molar refractivity (Wildman–Crippen MR) is 144 cm³/mol. The number of rotatable bonds is 12. The second kappa shape index (κ2) is 12.2. The van der Waals surface area contributed by atoms with Crippen molar-refractivity contribution in [2.24, 2.45) is 0 Å². The molecule has 10 nitrogen and oxygen atoms in total. The van der Waals surface area contributed by atoms with Gasteiger partial charge in [-0.05, 0) is 81.1 Å². The molecule has 0 unspecified atom stereocenters. The van der Waals surface area contributed by atoms with Gasteiger partial charge in [0.05, 0.1) is 16.6 Å². The number of fused-ring (bicyclic) bond motifs is 1. The fourth-order valence-corrected chi connectivity index (χ4v) is 6.13. The molecule has 3 N–H and O–H groups in total. The first-order valence-electron chi connectivity index (χ1n) is 13.0. The number of nitrogens with one attached hydrogen (secondary N) is 2. The fourth-order valence-electron chi connectivity index (χ4n) is 4.96. The normalized spacial score (nSPS) is 16.1. The number of aliphatic carboxylic acids is 1. The van der Waals surface area contributed by atoms with E-state index in [4.69, 9.17) is 4.42 Å². The second-order valence-electron chi connectivity index (χ2n) is 9.59. The molecule has 1 amide bonds. The maximum atomic E-state index is 13.5. The fraction of sp³-hybridized carbons (Fsp3) is 0.444. The van der Waals surface area contributed by atoms with E-state index >= 15 is 0 Å². The Hall–Kier alpha value is -3.35. The van der Waals surface area contributed by atoms with E-state index in [2.05, 4.69) is 15.0 Å². The number of nitrogens with zero attached hydrogens (tertiary/aromatic N) is 2. The first-order chi connectivity index (χ1) is 18.6. The van der Waals surface area contributed by atoms with Crippen LogP contribution in [0.1, 0.15) is 54.2 Å². The van der Waals surface area contributed by atoms with Crippen LogP contribution in [0.2, 0.25) is 0 Å². The minimum absolute atomic E-state index is 0.119. The number of aryl methyl sites for hydroxylation is 1. The molecule has 3 heterocycles. The van der Waals surface area contributed by atoms with E-state index in [-0.39, 0.29) is 29.3 Å². The molecule has 1 atom stereocenters. The zero-order valence-electron chi connectivity index (χ0n) is 22.0. The van der Waals surface area contributed by atoms with Crippen LogP contribution in [0.5, 0.6) is 0 Å². The zero-order chi connectivity index (χ0) is 28.2. The molecular weight excluding hydrogens is 527 g/mol. The number of sulfonamides is 1. The number of likely N-dealkylation sites (tertiary alicyclic amines) is 1. The van der Waals surface area contributed by atoms with Gasteiger partial charge in [0.15, 0.2) is 0 Å². The van der Waals surface area contributed by atoms with Gasteiger partial charge in [-0.25, -0.2) is 22.5 Å². The minimum Gasteiger partial charge on any atom is -0.480 e. The molecule has 0 aliphatic carbocycles. The molecule has 39 heavy (non-hydrogen) atoms. The van der Waals surface area contributed by atoms with E-state index in [0.717, 1.165) is 13.0 Å². The quantitative estimate of drug-likeness (QED) is 0.287. The van der Waals surface area contributed by atoms with E-state index in [1.165, 1.54) is 31.3 Å². The average Bonchev–Trinajstić information content (AvgIpc) is 3.52. The predicted octanol–water partition coefficient (Wildman–Crippen LogP) is 3.30. The van der Waals surface area contributed by atoms with Crippen molar-refractivity contribution in [1.29, 1.82) is 0 Å². The summed E-state index contributed by atoms with van der Waals surface area (Å²) < 4.78 is 47.8. The molecule has 0 saturated carbocycles. The van der Waals surface area contributed by atoms with Gasteiger partial charge in [-0.2, -0.15) is 0 Å². The van der Waals surface area contributed by atoms with E-state index in [0.29, 0.717) is 54.4 Å². The van der Waals surface area contributed by atoms with Crippen molar-refractivity contribution < 1.29 is 31.9 Å². The summed E-state index contributed by atoms with van der Waals surface area (Å²) in [7, 11) is -2.23. The smallest absolute Gasteiger partial charge is 0.320 e. The van der Waals surface area contributed by atoms with Gasteiger partial charge >= 0.3 is 5.97 Å². The SMILES string of the molecule is CCc1cc2c(C(=O)NC)c(-c3ccc(F)cc3)oc2nc1CS(=O)(=O)NCCCCN1CCC[C@H]1C(=O)O. The summed E-state index contributed by atoms with van der Waals surface area (Å²) in [5, 5.41) is 12.3. The Bertz CT molecular complexity index is 1460. The maximum absolute atomic E-state index is 13.5. The van der Waals surface area contributed by atoms with E-state index in [1.807, 2.05) is 11.8 Å². The number of carbonyl (C=O) groups excluding carboxylic acids is 1. The number of carboxylic acids is 1. The number of amides is 1. The molecule has 210 valence electrons. The van der Waals surface area contributed by atoms with Crippen molar-refractivity contribution in [2.75, 3.05) is 26.7 Å². The lowest BCUT2D eigenvalue weighted by atomic mass is 10.0. The van der Waals surface area contributed by atoms with Gasteiger partial charge in [0.25, 0.3) is 5.91 Å². The van der Waals surface area contributed by atoms with Crippen LogP contribution >= 0.6 is 0 Å². The Labute approximate surface area is 226 Å². The summed E-state index contributed by atoms with van der Waals surface area (Å²) in [6, 6.07) is 6.80. The molecule has 1 saturated heterocycles. The lowest BCUT2D eigenvalue weighted by Gasteiger charge is -2.20. The van der Waals surface area contributed by atoms with Gasteiger partial charge in [-0.15, -0.1) is 0 Å². The Morgan fingerprint density at radius 3 is 2.64 bits per heavy atom. The number of benzene rings is 1. The summed E-state index contributed by atoms with van der Waals surface area (Å²) in [5.41, 5.74) is 1.84. The highest BCUT2D eigenvalue weighted by atomic mass is 32.2. The van der Waals surface area contributed by atoms with Crippen LogP contribution in [0.4, 0.5) is 4.39 Å². The number of carboxylic acid groups (broad SMARTS) is 1. The van der Waals surface area contributed by atoms with Gasteiger partial charge in [-0.1, -0.05) is 6.92 Å². The summed E-state index contributed by atoms with van der Waals surface area (Å²) in [4.78, 5) is 30.5.